The van der Waals surface area contributed by atoms with E-state index >= 15 is 0 Å². The molecule has 0 spiro atoms. The van der Waals surface area contributed by atoms with E-state index in [0.717, 1.165) is 31.7 Å². The smallest absolute Gasteiger partial charge is 0.439 e. The molecule has 29 heavy (non-hydrogen) atoms. The highest BCUT2D eigenvalue weighted by molar-refractivity contribution is 5.89. The summed E-state index contributed by atoms with van der Waals surface area (Å²) >= 11 is 0. The number of ether oxygens (including phenoxy) is 2. The van der Waals surface area contributed by atoms with Gasteiger partial charge in [0.1, 0.15) is 6.10 Å². The van der Waals surface area contributed by atoms with Gasteiger partial charge in [0.2, 0.25) is 0 Å². The Morgan fingerprint density at radius 2 is 1.76 bits per heavy atom. The van der Waals surface area contributed by atoms with Crippen molar-refractivity contribution in [2.24, 2.45) is 5.92 Å². The molecule has 0 heterocycles. The number of hydrogen-bond donors (Lipinski definition) is 0. The molecule has 164 valence electrons. The van der Waals surface area contributed by atoms with Crippen molar-refractivity contribution >= 4 is 5.97 Å². The first kappa shape index (κ1) is 23.3. The maximum atomic E-state index is 13.9. The number of rotatable bonds is 7. The summed E-state index contributed by atoms with van der Waals surface area (Å²) in [5, 5.41) is 0. The van der Waals surface area contributed by atoms with Gasteiger partial charge in [-0.05, 0) is 49.8 Å². The molecule has 3 nitrogen and oxygen atoms in total. The highest BCUT2D eigenvalue weighted by Gasteiger charge is 2.59. The summed E-state index contributed by atoms with van der Waals surface area (Å²) in [5.74, 6) is -3.18. The molecule has 1 aliphatic carbocycles. The summed E-state index contributed by atoms with van der Waals surface area (Å²) < 4.78 is 98.5. The summed E-state index contributed by atoms with van der Waals surface area (Å²) in [6, 6.07) is 1.89. The van der Waals surface area contributed by atoms with Gasteiger partial charge in [-0.25, -0.2) is 13.6 Å². The molecule has 0 bridgehead atoms. The molecule has 1 saturated carbocycles. The predicted molar refractivity (Wildman–Crippen MR) is 89.0 cm³/mol. The van der Waals surface area contributed by atoms with Crippen molar-refractivity contribution in [1.82, 2.24) is 0 Å². The van der Waals surface area contributed by atoms with Gasteiger partial charge in [-0.3, -0.25) is 0 Å². The fraction of sp³-hybridized carbons (Fsp3) is 0.632. The average Bonchev–Trinajstić information content (AvgIpc) is 2.63. The van der Waals surface area contributed by atoms with Gasteiger partial charge in [-0.1, -0.05) is 19.8 Å². The Bertz CT molecular complexity index is 698. The van der Waals surface area contributed by atoms with Crippen LogP contribution < -0.4 is 4.74 Å². The molecule has 0 saturated heterocycles. The fourth-order valence-electron chi connectivity index (χ4n) is 3.27. The lowest BCUT2D eigenvalue weighted by atomic mass is 9.85. The molecule has 0 aromatic heterocycles. The van der Waals surface area contributed by atoms with Gasteiger partial charge in [0.25, 0.3) is 6.17 Å². The van der Waals surface area contributed by atoms with Gasteiger partial charge < -0.3 is 9.47 Å². The van der Waals surface area contributed by atoms with Gasteiger partial charge in [-0.15, -0.1) is 0 Å². The second-order valence-corrected chi connectivity index (χ2v) is 7.05. The SMILES string of the molecule is CCCC1CCC(OC(=O)c2ccc(OC(F)(F)C(F)C(F)(F)F)c(F)c2)CC1. The summed E-state index contributed by atoms with van der Waals surface area (Å²) in [5.41, 5.74) is -0.318. The molecule has 0 aliphatic heterocycles. The molecular formula is C19H21F7O3. The third-order valence-electron chi connectivity index (χ3n) is 4.76. The van der Waals surface area contributed by atoms with E-state index < -0.39 is 36.0 Å². The largest absolute Gasteiger partial charge is 0.459 e. The summed E-state index contributed by atoms with van der Waals surface area (Å²) in [6.07, 6.45) is -11.0. The van der Waals surface area contributed by atoms with Crippen LogP contribution in [0.4, 0.5) is 30.7 Å². The topological polar surface area (TPSA) is 35.5 Å². The van der Waals surface area contributed by atoms with Crippen molar-refractivity contribution in [3.05, 3.63) is 29.6 Å². The predicted octanol–water partition coefficient (Wildman–Crippen LogP) is 6.21. The highest BCUT2D eigenvalue weighted by Crippen LogP contribution is 2.37. The van der Waals surface area contributed by atoms with Crippen molar-refractivity contribution in [2.45, 2.75) is 70.0 Å². The number of hydrogen-bond acceptors (Lipinski definition) is 3. The standard InChI is InChI=1S/C19H21F7O3/c1-2-3-11-4-7-13(8-5-11)28-16(27)12-6-9-15(14(20)10-12)29-19(25,26)17(21)18(22,23)24/h6,9-11,13,17H,2-5,7-8H2,1H3. The maximum absolute atomic E-state index is 13.9. The minimum Gasteiger partial charge on any atom is -0.459 e. The number of carbonyl (C=O) groups excluding carboxylic acids is 1. The molecule has 10 heteroatoms. The number of halogens is 7. The third-order valence-corrected chi connectivity index (χ3v) is 4.76. The van der Waals surface area contributed by atoms with Gasteiger partial charge in [0.15, 0.2) is 11.6 Å². The second kappa shape index (κ2) is 9.21. The van der Waals surface area contributed by atoms with Crippen LogP contribution in [-0.2, 0) is 4.74 Å². The van der Waals surface area contributed by atoms with Gasteiger partial charge in [0, 0.05) is 0 Å². The van der Waals surface area contributed by atoms with E-state index in [1.165, 1.54) is 0 Å². The lowest BCUT2D eigenvalue weighted by molar-refractivity contribution is -0.305. The van der Waals surface area contributed by atoms with E-state index in [1.807, 2.05) is 0 Å². The van der Waals surface area contributed by atoms with Crippen LogP contribution in [0, 0.1) is 11.7 Å². The van der Waals surface area contributed by atoms with Crippen LogP contribution in [0.2, 0.25) is 0 Å². The number of carbonyl (C=O) groups is 1. The zero-order valence-electron chi connectivity index (χ0n) is 15.6. The van der Waals surface area contributed by atoms with Crippen molar-refractivity contribution in [1.29, 1.82) is 0 Å². The maximum Gasteiger partial charge on any atom is 0.439 e. The summed E-state index contributed by atoms with van der Waals surface area (Å²) in [6.45, 7) is 2.08. The van der Waals surface area contributed by atoms with Crippen LogP contribution in [0.5, 0.6) is 5.75 Å². The Morgan fingerprint density at radius 1 is 1.14 bits per heavy atom. The Morgan fingerprint density at radius 3 is 2.28 bits per heavy atom. The normalized spacial score (nSPS) is 21.5. The average molecular weight is 430 g/mol. The fourth-order valence-corrected chi connectivity index (χ4v) is 3.27. The Kier molecular flexibility index (Phi) is 7.40. The van der Waals surface area contributed by atoms with Gasteiger partial charge in [0.05, 0.1) is 5.56 Å². The minimum atomic E-state index is -5.89. The molecule has 1 aromatic rings. The first-order valence-corrected chi connectivity index (χ1v) is 9.22. The van der Waals surface area contributed by atoms with Crippen LogP contribution in [0.3, 0.4) is 0 Å². The van der Waals surface area contributed by atoms with Crippen molar-refractivity contribution in [3.63, 3.8) is 0 Å². The van der Waals surface area contributed by atoms with Crippen LogP contribution >= 0.6 is 0 Å². The highest BCUT2D eigenvalue weighted by atomic mass is 19.4. The quantitative estimate of drug-likeness (QED) is 0.381. The van der Waals surface area contributed by atoms with E-state index in [2.05, 4.69) is 11.7 Å². The number of benzene rings is 1. The van der Waals surface area contributed by atoms with Crippen LogP contribution in [0.1, 0.15) is 55.8 Å². The molecule has 1 atom stereocenters. The molecule has 1 aromatic carbocycles. The minimum absolute atomic E-state index is 0.318. The van der Waals surface area contributed by atoms with Crippen molar-refractivity contribution in [2.75, 3.05) is 0 Å². The molecule has 0 amide bonds. The van der Waals surface area contributed by atoms with Gasteiger partial charge in [-0.2, -0.15) is 22.0 Å². The first-order chi connectivity index (χ1) is 13.4. The monoisotopic (exact) mass is 430 g/mol. The lowest BCUT2D eigenvalue weighted by Gasteiger charge is -2.28. The van der Waals surface area contributed by atoms with Crippen molar-refractivity contribution < 1.29 is 45.0 Å². The molecule has 1 fully saturated rings. The Labute approximate surface area is 163 Å². The Hall–Kier alpha value is -2.00. The molecule has 0 N–H and O–H groups in total. The Balaban J connectivity index is 1.99. The zero-order valence-corrected chi connectivity index (χ0v) is 15.6. The lowest BCUT2D eigenvalue weighted by Crippen LogP contribution is -2.45. The number of esters is 1. The summed E-state index contributed by atoms with van der Waals surface area (Å²) in [4.78, 5) is 12.1. The van der Waals surface area contributed by atoms with E-state index in [0.29, 0.717) is 30.9 Å². The van der Waals surface area contributed by atoms with E-state index in [4.69, 9.17) is 4.74 Å². The van der Waals surface area contributed by atoms with E-state index in [-0.39, 0.29) is 11.7 Å². The van der Waals surface area contributed by atoms with Crippen molar-refractivity contribution in [3.8, 4) is 5.75 Å². The van der Waals surface area contributed by atoms with E-state index in [1.54, 1.807) is 0 Å². The molecule has 1 unspecified atom stereocenters. The van der Waals surface area contributed by atoms with Crippen LogP contribution in [-0.4, -0.2) is 30.5 Å². The number of alkyl halides is 6. The summed E-state index contributed by atoms with van der Waals surface area (Å²) in [7, 11) is 0. The molecule has 1 aliphatic rings. The molecule has 0 radical (unpaired) electrons. The molecule has 2 rings (SSSR count). The van der Waals surface area contributed by atoms with Crippen LogP contribution in [0.25, 0.3) is 0 Å². The third kappa shape index (κ3) is 6.24. The molecular weight excluding hydrogens is 409 g/mol. The van der Waals surface area contributed by atoms with E-state index in [9.17, 15) is 35.5 Å². The van der Waals surface area contributed by atoms with Gasteiger partial charge >= 0.3 is 18.3 Å². The first-order valence-electron chi connectivity index (χ1n) is 9.22. The zero-order chi connectivity index (χ0) is 21.8. The second-order valence-electron chi connectivity index (χ2n) is 7.05. The van der Waals surface area contributed by atoms with Crippen LogP contribution in [0.15, 0.2) is 18.2 Å².